The summed E-state index contributed by atoms with van der Waals surface area (Å²) in [6.07, 6.45) is 0.0737. The number of nitrogens with zero attached hydrogens (tertiary/aromatic N) is 3. The van der Waals surface area contributed by atoms with Gasteiger partial charge in [0.15, 0.2) is 0 Å². The van der Waals surface area contributed by atoms with Crippen molar-refractivity contribution in [2.24, 2.45) is 0 Å². The number of allylic oxidation sites excluding steroid dienone is 1. The predicted molar refractivity (Wildman–Crippen MR) is 103 cm³/mol. The van der Waals surface area contributed by atoms with Crippen LogP contribution in [0.15, 0.2) is 12.3 Å². The number of carbonyl (C=O) groups excluding carboxylic acids is 1. The zero-order chi connectivity index (χ0) is 22.0. The van der Waals surface area contributed by atoms with Crippen molar-refractivity contribution >= 4 is 23.8 Å². The van der Waals surface area contributed by atoms with E-state index in [0.29, 0.717) is 45.0 Å². The topological polar surface area (TPSA) is 151 Å². The van der Waals surface area contributed by atoms with Gasteiger partial charge in [-0.1, -0.05) is 6.58 Å². The standard InChI is InChI=1S/C18H30N4O7/c1-13(2)19-15(23)4-3-14(18(28)29)22-9-7-20(11-16(24)25)5-6-21(8-10-22)12-17(26)27/h14H,1,3-12H2,2H3,(H,19,23)(H,24,25)(H,26,27)(H,28,29). The summed E-state index contributed by atoms with van der Waals surface area (Å²) < 4.78 is 0. The maximum atomic E-state index is 11.9. The van der Waals surface area contributed by atoms with E-state index in [2.05, 4.69) is 11.9 Å². The molecule has 1 unspecified atom stereocenters. The molecule has 1 aliphatic rings. The number of hydrogen-bond acceptors (Lipinski definition) is 7. The molecule has 1 fully saturated rings. The van der Waals surface area contributed by atoms with E-state index in [0.717, 1.165) is 0 Å². The smallest absolute Gasteiger partial charge is 0.320 e. The van der Waals surface area contributed by atoms with E-state index in [1.54, 1.807) is 21.6 Å². The summed E-state index contributed by atoms with van der Waals surface area (Å²) in [4.78, 5) is 50.9. The molecule has 1 rings (SSSR count). The summed E-state index contributed by atoms with van der Waals surface area (Å²) >= 11 is 0. The van der Waals surface area contributed by atoms with Crippen molar-refractivity contribution in [2.75, 3.05) is 52.4 Å². The van der Waals surface area contributed by atoms with Gasteiger partial charge in [0.2, 0.25) is 5.91 Å². The fraction of sp³-hybridized carbons (Fsp3) is 0.667. The second-order valence-electron chi connectivity index (χ2n) is 7.10. The van der Waals surface area contributed by atoms with E-state index < -0.39 is 23.9 Å². The molecule has 11 nitrogen and oxygen atoms in total. The lowest BCUT2D eigenvalue weighted by Gasteiger charge is -2.30. The Morgan fingerprint density at radius 2 is 1.34 bits per heavy atom. The van der Waals surface area contributed by atoms with Gasteiger partial charge in [-0.3, -0.25) is 33.9 Å². The van der Waals surface area contributed by atoms with Gasteiger partial charge in [0, 0.05) is 51.4 Å². The SMILES string of the molecule is C=C(C)NC(=O)CCC(C(=O)O)N1CCN(CC(=O)O)CCN(CC(=O)O)CC1. The summed E-state index contributed by atoms with van der Waals surface area (Å²) in [5.74, 6) is -3.42. The van der Waals surface area contributed by atoms with Gasteiger partial charge in [-0.25, -0.2) is 0 Å². The molecule has 164 valence electrons. The van der Waals surface area contributed by atoms with Crippen LogP contribution in [0.4, 0.5) is 0 Å². The summed E-state index contributed by atoms with van der Waals surface area (Å²) in [5, 5.41) is 30.4. The van der Waals surface area contributed by atoms with Crippen LogP contribution < -0.4 is 5.32 Å². The fourth-order valence-electron chi connectivity index (χ4n) is 3.20. The van der Waals surface area contributed by atoms with Gasteiger partial charge in [-0.15, -0.1) is 0 Å². The molecule has 1 amide bonds. The summed E-state index contributed by atoms with van der Waals surface area (Å²) in [5.41, 5.74) is 0.471. The zero-order valence-corrected chi connectivity index (χ0v) is 16.7. The highest BCUT2D eigenvalue weighted by molar-refractivity contribution is 5.79. The Kier molecular flexibility index (Phi) is 10.3. The van der Waals surface area contributed by atoms with E-state index in [-0.39, 0.29) is 31.8 Å². The van der Waals surface area contributed by atoms with Crippen molar-refractivity contribution in [1.29, 1.82) is 0 Å². The molecule has 1 saturated heterocycles. The lowest BCUT2D eigenvalue weighted by molar-refractivity contribution is -0.144. The highest BCUT2D eigenvalue weighted by atomic mass is 16.4. The van der Waals surface area contributed by atoms with E-state index in [9.17, 15) is 24.3 Å². The van der Waals surface area contributed by atoms with Crippen LogP contribution in [0, 0.1) is 0 Å². The number of carbonyl (C=O) groups is 4. The van der Waals surface area contributed by atoms with Crippen LogP contribution in [0.3, 0.4) is 0 Å². The third-order valence-electron chi connectivity index (χ3n) is 4.58. The molecule has 1 atom stereocenters. The Balaban J connectivity index is 2.89. The molecule has 1 heterocycles. The maximum Gasteiger partial charge on any atom is 0.320 e. The number of nitrogens with one attached hydrogen (secondary N) is 1. The summed E-state index contributed by atoms with van der Waals surface area (Å²) in [6, 6.07) is -0.942. The number of carboxylic acid groups (broad SMARTS) is 3. The van der Waals surface area contributed by atoms with Crippen LogP contribution in [-0.2, 0) is 19.2 Å². The number of carboxylic acids is 3. The highest BCUT2D eigenvalue weighted by Gasteiger charge is 2.28. The van der Waals surface area contributed by atoms with E-state index in [1.165, 1.54) is 0 Å². The predicted octanol–water partition coefficient (Wildman–Crippen LogP) is -1.04. The van der Waals surface area contributed by atoms with Gasteiger partial charge in [0.25, 0.3) is 0 Å². The van der Waals surface area contributed by atoms with E-state index >= 15 is 0 Å². The second kappa shape index (κ2) is 12.1. The molecule has 4 N–H and O–H groups in total. The normalized spacial score (nSPS) is 18.1. The minimum atomic E-state index is -1.08. The van der Waals surface area contributed by atoms with Gasteiger partial charge in [0.1, 0.15) is 6.04 Å². The van der Waals surface area contributed by atoms with Gasteiger partial charge in [-0.2, -0.15) is 0 Å². The van der Waals surface area contributed by atoms with Crippen LogP contribution in [0.1, 0.15) is 19.8 Å². The quantitative estimate of drug-likeness (QED) is 0.349. The van der Waals surface area contributed by atoms with Gasteiger partial charge in [0.05, 0.1) is 13.1 Å². The molecule has 0 spiro atoms. The number of aliphatic carboxylic acids is 3. The molecule has 0 aromatic carbocycles. The molecule has 0 aromatic rings. The molecule has 1 aliphatic heterocycles. The van der Waals surface area contributed by atoms with Gasteiger partial charge >= 0.3 is 17.9 Å². The zero-order valence-electron chi connectivity index (χ0n) is 16.7. The molecule has 29 heavy (non-hydrogen) atoms. The van der Waals surface area contributed by atoms with Crippen LogP contribution in [-0.4, -0.2) is 112 Å². The van der Waals surface area contributed by atoms with Crippen LogP contribution in [0.2, 0.25) is 0 Å². The van der Waals surface area contributed by atoms with Crippen molar-refractivity contribution in [2.45, 2.75) is 25.8 Å². The average Bonchev–Trinajstić information content (AvgIpc) is 2.66. The lowest BCUT2D eigenvalue weighted by atomic mass is 10.1. The van der Waals surface area contributed by atoms with Crippen molar-refractivity contribution in [3.8, 4) is 0 Å². The molecule has 0 aliphatic carbocycles. The van der Waals surface area contributed by atoms with Crippen molar-refractivity contribution in [3.63, 3.8) is 0 Å². The first-order valence-corrected chi connectivity index (χ1v) is 9.39. The fourth-order valence-corrected chi connectivity index (χ4v) is 3.20. The first kappa shape index (κ1) is 24.5. The molecule has 0 bridgehead atoms. The Morgan fingerprint density at radius 3 is 1.72 bits per heavy atom. The highest BCUT2D eigenvalue weighted by Crippen LogP contribution is 2.11. The Bertz CT molecular complexity index is 597. The first-order chi connectivity index (χ1) is 13.6. The monoisotopic (exact) mass is 414 g/mol. The Hall–Kier alpha value is -2.50. The van der Waals surface area contributed by atoms with Gasteiger partial charge < -0.3 is 20.6 Å². The Morgan fingerprint density at radius 1 is 0.897 bits per heavy atom. The molecular formula is C18H30N4O7. The molecule has 11 heteroatoms. The van der Waals surface area contributed by atoms with E-state index in [1.807, 2.05) is 0 Å². The largest absolute Gasteiger partial charge is 0.480 e. The molecular weight excluding hydrogens is 384 g/mol. The summed E-state index contributed by atoms with van der Waals surface area (Å²) in [7, 11) is 0. The second-order valence-corrected chi connectivity index (χ2v) is 7.10. The molecule has 0 saturated carbocycles. The minimum Gasteiger partial charge on any atom is -0.480 e. The van der Waals surface area contributed by atoms with E-state index in [4.69, 9.17) is 10.2 Å². The van der Waals surface area contributed by atoms with Crippen molar-refractivity contribution in [3.05, 3.63) is 12.3 Å². The third-order valence-corrected chi connectivity index (χ3v) is 4.58. The lowest BCUT2D eigenvalue weighted by Crippen LogP contribution is -2.47. The molecule has 0 radical (unpaired) electrons. The summed E-state index contributed by atoms with van der Waals surface area (Å²) in [6.45, 7) is 6.77. The van der Waals surface area contributed by atoms with Crippen LogP contribution >= 0.6 is 0 Å². The third kappa shape index (κ3) is 10.0. The number of rotatable bonds is 10. The van der Waals surface area contributed by atoms with Crippen LogP contribution in [0.5, 0.6) is 0 Å². The maximum absolute atomic E-state index is 11.9. The Labute approximate surface area is 169 Å². The molecule has 0 aromatic heterocycles. The number of hydrogen-bond donors (Lipinski definition) is 4. The first-order valence-electron chi connectivity index (χ1n) is 9.39. The minimum absolute atomic E-state index is 0.00198. The van der Waals surface area contributed by atoms with Gasteiger partial charge in [-0.05, 0) is 13.3 Å². The van der Waals surface area contributed by atoms with Crippen molar-refractivity contribution < 1.29 is 34.5 Å². The van der Waals surface area contributed by atoms with Crippen molar-refractivity contribution in [1.82, 2.24) is 20.0 Å². The number of amides is 1. The van der Waals surface area contributed by atoms with Crippen LogP contribution in [0.25, 0.3) is 0 Å². The average molecular weight is 414 g/mol.